The van der Waals surface area contributed by atoms with Crippen molar-refractivity contribution in [2.45, 2.75) is 18.2 Å². The molecule has 0 bridgehead atoms. The monoisotopic (exact) mass is 196 g/mol. The third-order valence-corrected chi connectivity index (χ3v) is 2.73. The van der Waals surface area contributed by atoms with Gasteiger partial charge in [-0.25, -0.2) is 4.98 Å². The SMILES string of the molecule is C#CCCSc1ncc(CO)n1C. The van der Waals surface area contributed by atoms with E-state index in [-0.39, 0.29) is 6.61 Å². The molecule has 0 aliphatic rings. The van der Waals surface area contributed by atoms with Crippen molar-refractivity contribution in [3.63, 3.8) is 0 Å². The molecule has 0 aliphatic heterocycles. The van der Waals surface area contributed by atoms with Gasteiger partial charge in [0.25, 0.3) is 0 Å². The fourth-order valence-electron chi connectivity index (χ4n) is 0.908. The summed E-state index contributed by atoms with van der Waals surface area (Å²) in [6.07, 6.45) is 7.55. The van der Waals surface area contributed by atoms with Crippen LogP contribution in [0.1, 0.15) is 12.1 Å². The van der Waals surface area contributed by atoms with E-state index in [4.69, 9.17) is 11.5 Å². The summed E-state index contributed by atoms with van der Waals surface area (Å²) in [7, 11) is 1.89. The lowest BCUT2D eigenvalue weighted by Gasteiger charge is -2.01. The van der Waals surface area contributed by atoms with E-state index in [2.05, 4.69) is 10.9 Å². The zero-order chi connectivity index (χ0) is 9.68. The maximum atomic E-state index is 8.90. The molecule has 1 rings (SSSR count). The number of terminal acetylenes is 1. The highest BCUT2D eigenvalue weighted by atomic mass is 32.2. The van der Waals surface area contributed by atoms with E-state index in [1.807, 2.05) is 11.6 Å². The summed E-state index contributed by atoms with van der Waals surface area (Å²) in [5.41, 5.74) is 0.822. The molecule has 4 heteroatoms. The lowest BCUT2D eigenvalue weighted by molar-refractivity contribution is 0.271. The fraction of sp³-hybridized carbons (Fsp3) is 0.444. The van der Waals surface area contributed by atoms with Gasteiger partial charge < -0.3 is 9.67 Å². The van der Waals surface area contributed by atoms with Crippen LogP contribution in [0.4, 0.5) is 0 Å². The van der Waals surface area contributed by atoms with E-state index in [1.54, 1.807) is 18.0 Å². The molecule has 1 N–H and O–H groups in total. The molecule has 0 radical (unpaired) electrons. The molecular weight excluding hydrogens is 184 g/mol. The summed E-state index contributed by atoms with van der Waals surface area (Å²) in [6.45, 7) is 0.0270. The number of aliphatic hydroxyl groups is 1. The van der Waals surface area contributed by atoms with Crippen molar-refractivity contribution >= 4 is 11.8 Å². The maximum absolute atomic E-state index is 8.90. The normalized spacial score (nSPS) is 9.92. The molecule has 0 saturated heterocycles. The smallest absolute Gasteiger partial charge is 0.167 e. The Morgan fingerprint density at radius 1 is 1.77 bits per heavy atom. The Hall–Kier alpha value is -0.920. The Bertz CT molecular complexity index is 314. The van der Waals surface area contributed by atoms with Gasteiger partial charge in [0.05, 0.1) is 18.5 Å². The van der Waals surface area contributed by atoms with Crippen LogP contribution in [-0.4, -0.2) is 20.4 Å². The highest BCUT2D eigenvalue weighted by Crippen LogP contribution is 2.17. The average molecular weight is 196 g/mol. The second-order valence-electron chi connectivity index (χ2n) is 2.55. The van der Waals surface area contributed by atoms with Crippen LogP contribution in [0.25, 0.3) is 0 Å². The first-order valence-corrected chi connectivity index (χ1v) is 4.96. The first kappa shape index (κ1) is 10.2. The minimum Gasteiger partial charge on any atom is -0.390 e. The van der Waals surface area contributed by atoms with Crippen molar-refractivity contribution < 1.29 is 5.11 Å². The summed E-state index contributed by atoms with van der Waals surface area (Å²) < 4.78 is 1.88. The lowest BCUT2D eigenvalue weighted by atomic mass is 10.5. The zero-order valence-electron chi connectivity index (χ0n) is 7.53. The Kier molecular flexibility index (Phi) is 3.87. The predicted octanol–water partition coefficient (Wildman–Crippen LogP) is 1.03. The molecule has 1 heterocycles. The third-order valence-electron chi connectivity index (χ3n) is 1.68. The number of hydrogen-bond acceptors (Lipinski definition) is 3. The van der Waals surface area contributed by atoms with E-state index < -0.39 is 0 Å². The van der Waals surface area contributed by atoms with E-state index in [1.165, 1.54) is 0 Å². The largest absolute Gasteiger partial charge is 0.390 e. The summed E-state index contributed by atoms with van der Waals surface area (Å²) in [5, 5.41) is 9.80. The minimum atomic E-state index is 0.0270. The molecule has 0 atom stereocenters. The summed E-state index contributed by atoms with van der Waals surface area (Å²) >= 11 is 1.61. The summed E-state index contributed by atoms with van der Waals surface area (Å²) in [6, 6.07) is 0. The molecule has 0 amide bonds. The van der Waals surface area contributed by atoms with Gasteiger partial charge in [0, 0.05) is 19.2 Å². The Labute approximate surface area is 82.2 Å². The number of imidazole rings is 1. The van der Waals surface area contributed by atoms with Gasteiger partial charge in [0.1, 0.15) is 0 Å². The Morgan fingerprint density at radius 2 is 2.54 bits per heavy atom. The molecule has 1 aromatic heterocycles. The topological polar surface area (TPSA) is 38.1 Å². The van der Waals surface area contributed by atoms with Crippen molar-refractivity contribution in [1.29, 1.82) is 0 Å². The fourth-order valence-corrected chi connectivity index (χ4v) is 1.75. The van der Waals surface area contributed by atoms with Gasteiger partial charge in [-0.3, -0.25) is 0 Å². The molecule has 1 aromatic rings. The van der Waals surface area contributed by atoms with Crippen LogP contribution in [0.2, 0.25) is 0 Å². The first-order valence-electron chi connectivity index (χ1n) is 3.97. The van der Waals surface area contributed by atoms with Crippen molar-refractivity contribution in [3.8, 4) is 12.3 Å². The zero-order valence-corrected chi connectivity index (χ0v) is 8.34. The molecular formula is C9H12N2OS. The quantitative estimate of drug-likeness (QED) is 0.444. The van der Waals surface area contributed by atoms with Crippen molar-refractivity contribution in [2.24, 2.45) is 7.05 Å². The highest BCUT2D eigenvalue weighted by Gasteiger charge is 2.04. The van der Waals surface area contributed by atoms with Gasteiger partial charge in [-0.1, -0.05) is 11.8 Å². The molecule has 0 aromatic carbocycles. The predicted molar refractivity (Wildman–Crippen MR) is 53.3 cm³/mol. The van der Waals surface area contributed by atoms with Crippen molar-refractivity contribution in [1.82, 2.24) is 9.55 Å². The molecule has 3 nitrogen and oxygen atoms in total. The second kappa shape index (κ2) is 4.95. The van der Waals surface area contributed by atoms with E-state index in [0.29, 0.717) is 0 Å². The summed E-state index contributed by atoms with van der Waals surface area (Å²) in [5.74, 6) is 3.44. The third kappa shape index (κ3) is 2.51. The molecule has 0 aliphatic carbocycles. The van der Waals surface area contributed by atoms with Crippen LogP contribution >= 0.6 is 11.8 Å². The number of nitrogens with zero attached hydrogens (tertiary/aromatic N) is 2. The summed E-state index contributed by atoms with van der Waals surface area (Å²) in [4.78, 5) is 4.16. The second-order valence-corrected chi connectivity index (χ2v) is 3.61. The Morgan fingerprint density at radius 3 is 3.08 bits per heavy atom. The molecule has 0 saturated carbocycles. The maximum Gasteiger partial charge on any atom is 0.167 e. The van der Waals surface area contributed by atoms with E-state index in [9.17, 15) is 0 Å². The van der Waals surface area contributed by atoms with Gasteiger partial charge in [0.2, 0.25) is 0 Å². The van der Waals surface area contributed by atoms with Gasteiger partial charge in [-0.2, -0.15) is 0 Å². The minimum absolute atomic E-state index is 0.0270. The molecule has 0 spiro atoms. The molecule has 70 valence electrons. The van der Waals surface area contributed by atoms with Gasteiger partial charge >= 0.3 is 0 Å². The van der Waals surface area contributed by atoms with Crippen LogP contribution in [0, 0.1) is 12.3 Å². The molecule has 0 unspecified atom stereocenters. The number of aromatic nitrogens is 2. The molecule has 13 heavy (non-hydrogen) atoms. The van der Waals surface area contributed by atoms with Gasteiger partial charge in [-0.05, 0) is 0 Å². The van der Waals surface area contributed by atoms with Crippen LogP contribution in [0.15, 0.2) is 11.4 Å². The van der Waals surface area contributed by atoms with Crippen LogP contribution in [0.3, 0.4) is 0 Å². The Balaban J connectivity index is 2.57. The average Bonchev–Trinajstić information content (AvgIpc) is 2.48. The van der Waals surface area contributed by atoms with Crippen LogP contribution in [0.5, 0.6) is 0 Å². The van der Waals surface area contributed by atoms with E-state index >= 15 is 0 Å². The van der Waals surface area contributed by atoms with E-state index in [0.717, 1.165) is 23.0 Å². The van der Waals surface area contributed by atoms with Gasteiger partial charge in [0.15, 0.2) is 5.16 Å². The first-order chi connectivity index (χ1) is 6.29. The number of aliphatic hydroxyl groups excluding tert-OH is 1. The standard InChI is InChI=1S/C9H12N2OS/c1-3-4-5-13-9-10-6-8(7-12)11(9)2/h1,6,12H,4-5,7H2,2H3. The molecule has 0 fully saturated rings. The van der Waals surface area contributed by atoms with Crippen LogP contribution < -0.4 is 0 Å². The number of rotatable bonds is 4. The number of thioether (sulfide) groups is 1. The van der Waals surface area contributed by atoms with Gasteiger partial charge in [-0.15, -0.1) is 12.3 Å². The number of hydrogen-bond donors (Lipinski definition) is 1. The van der Waals surface area contributed by atoms with Crippen molar-refractivity contribution in [3.05, 3.63) is 11.9 Å². The highest BCUT2D eigenvalue weighted by molar-refractivity contribution is 7.99. The van der Waals surface area contributed by atoms with Crippen LogP contribution in [-0.2, 0) is 13.7 Å². The van der Waals surface area contributed by atoms with Crippen molar-refractivity contribution in [2.75, 3.05) is 5.75 Å². The lowest BCUT2D eigenvalue weighted by Crippen LogP contribution is -1.97.